The second-order valence-corrected chi connectivity index (χ2v) is 10.9. The lowest BCUT2D eigenvalue weighted by atomic mass is 9.95. The fraction of sp³-hybridized carbons (Fsp3) is 0.250. The van der Waals surface area contributed by atoms with Crippen molar-refractivity contribution in [3.63, 3.8) is 0 Å². The number of nitrogens with zero attached hydrogens (tertiary/aromatic N) is 1. The summed E-state index contributed by atoms with van der Waals surface area (Å²) >= 11 is 2.20. The molecule has 1 heterocycles. The van der Waals surface area contributed by atoms with E-state index in [1.807, 2.05) is 43.3 Å². The number of ether oxygens (including phenoxy) is 4. The van der Waals surface area contributed by atoms with Gasteiger partial charge in [-0.1, -0.05) is 35.9 Å². The van der Waals surface area contributed by atoms with Gasteiger partial charge in [0.1, 0.15) is 12.4 Å². The Kier molecular flexibility index (Phi) is 11.2. The summed E-state index contributed by atoms with van der Waals surface area (Å²) in [6.45, 7) is 5.71. The zero-order chi connectivity index (χ0) is 31.6. The monoisotopic (exact) mass is 712 g/mol. The van der Waals surface area contributed by atoms with Gasteiger partial charge in [-0.05, 0) is 90.4 Å². The molecule has 230 valence electrons. The molecular formula is C32H33IN4O7. The number of amides is 3. The molecule has 0 saturated carbocycles. The van der Waals surface area contributed by atoms with Crippen LogP contribution < -0.4 is 30.3 Å². The average molecular weight is 713 g/mol. The highest BCUT2D eigenvalue weighted by molar-refractivity contribution is 14.1. The normalized spacial score (nSPS) is 14.5. The topological polar surface area (TPSA) is 137 Å². The quantitative estimate of drug-likeness (QED) is 0.105. The molecule has 0 spiro atoms. The van der Waals surface area contributed by atoms with Crippen molar-refractivity contribution in [3.8, 4) is 17.2 Å². The van der Waals surface area contributed by atoms with E-state index in [4.69, 9.17) is 18.9 Å². The molecule has 4 rings (SSSR count). The van der Waals surface area contributed by atoms with Crippen LogP contribution in [0, 0.1) is 10.5 Å². The SMILES string of the molecule is CCOC(=O)C1=C(C)NC(=O)N[C@H]1c1ccc(OCC(=O)N/N=C\c2ccc(OCc3cccc(C)c3)c(I)c2)c(OC)c1. The smallest absolute Gasteiger partial charge is 0.338 e. The lowest BCUT2D eigenvalue weighted by molar-refractivity contribution is -0.139. The van der Waals surface area contributed by atoms with Gasteiger partial charge in [0.05, 0.1) is 35.1 Å². The van der Waals surface area contributed by atoms with E-state index in [-0.39, 0.29) is 18.8 Å². The number of nitrogens with one attached hydrogen (secondary N) is 3. The van der Waals surface area contributed by atoms with Crippen molar-refractivity contribution in [1.82, 2.24) is 16.1 Å². The second-order valence-electron chi connectivity index (χ2n) is 9.75. The number of rotatable bonds is 12. The van der Waals surface area contributed by atoms with Crippen LogP contribution in [-0.4, -0.2) is 44.4 Å². The number of carbonyl (C=O) groups excluding carboxylic acids is 3. The third-order valence-corrected chi connectivity index (χ3v) is 7.32. The maximum Gasteiger partial charge on any atom is 0.338 e. The first-order valence-corrected chi connectivity index (χ1v) is 14.8. The second kappa shape index (κ2) is 15.2. The Bertz CT molecular complexity index is 1610. The summed E-state index contributed by atoms with van der Waals surface area (Å²) in [5.41, 5.74) is 6.75. The molecule has 0 aromatic heterocycles. The van der Waals surface area contributed by atoms with Crippen LogP contribution in [0.2, 0.25) is 0 Å². The maximum atomic E-state index is 12.6. The first-order valence-electron chi connectivity index (χ1n) is 13.7. The number of carbonyl (C=O) groups is 3. The Labute approximate surface area is 269 Å². The highest BCUT2D eigenvalue weighted by Crippen LogP contribution is 2.34. The van der Waals surface area contributed by atoms with Gasteiger partial charge in [0, 0.05) is 5.70 Å². The summed E-state index contributed by atoms with van der Waals surface area (Å²) in [5, 5.41) is 9.36. The van der Waals surface area contributed by atoms with Crippen LogP contribution in [0.25, 0.3) is 0 Å². The van der Waals surface area contributed by atoms with Gasteiger partial charge in [-0.25, -0.2) is 15.0 Å². The van der Waals surface area contributed by atoms with Crippen LogP contribution in [0.4, 0.5) is 4.79 Å². The van der Waals surface area contributed by atoms with Crippen molar-refractivity contribution in [2.45, 2.75) is 33.4 Å². The molecule has 44 heavy (non-hydrogen) atoms. The van der Waals surface area contributed by atoms with Crippen LogP contribution in [0.15, 0.2) is 77.0 Å². The van der Waals surface area contributed by atoms with Gasteiger partial charge in [0.2, 0.25) is 0 Å². The van der Waals surface area contributed by atoms with Crippen LogP contribution in [0.3, 0.4) is 0 Å². The number of esters is 1. The number of hydrogen-bond donors (Lipinski definition) is 3. The fourth-order valence-corrected chi connectivity index (χ4v) is 5.13. The number of benzene rings is 3. The lowest BCUT2D eigenvalue weighted by Gasteiger charge is -2.28. The molecule has 3 aromatic carbocycles. The first kappa shape index (κ1) is 32.3. The van der Waals surface area contributed by atoms with E-state index in [1.54, 1.807) is 32.0 Å². The summed E-state index contributed by atoms with van der Waals surface area (Å²) in [7, 11) is 1.45. The highest BCUT2D eigenvalue weighted by atomic mass is 127. The summed E-state index contributed by atoms with van der Waals surface area (Å²) in [6.07, 6.45) is 1.53. The summed E-state index contributed by atoms with van der Waals surface area (Å²) in [4.78, 5) is 37.2. The van der Waals surface area contributed by atoms with Gasteiger partial charge in [0.25, 0.3) is 5.91 Å². The number of urea groups is 1. The van der Waals surface area contributed by atoms with Crippen molar-refractivity contribution in [1.29, 1.82) is 0 Å². The van der Waals surface area contributed by atoms with Gasteiger partial charge >= 0.3 is 12.0 Å². The number of allylic oxidation sites excluding steroid dienone is 1. The molecule has 0 radical (unpaired) electrons. The Morgan fingerprint density at radius 2 is 1.82 bits per heavy atom. The summed E-state index contributed by atoms with van der Waals surface area (Å²) in [5.74, 6) is 0.342. The number of hydrazone groups is 1. The van der Waals surface area contributed by atoms with Gasteiger partial charge in [-0.2, -0.15) is 5.10 Å². The molecule has 0 saturated heterocycles. The van der Waals surface area contributed by atoms with Crippen LogP contribution in [-0.2, 0) is 20.9 Å². The minimum Gasteiger partial charge on any atom is -0.493 e. The van der Waals surface area contributed by atoms with Crippen molar-refractivity contribution in [2.75, 3.05) is 20.3 Å². The molecule has 1 aliphatic heterocycles. The first-order chi connectivity index (χ1) is 21.2. The van der Waals surface area contributed by atoms with Crippen LogP contribution in [0.5, 0.6) is 17.2 Å². The third kappa shape index (κ3) is 8.49. The zero-order valence-corrected chi connectivity index (χ0v) is 26.9. The largest absolute Gasteiger partial charge is 0.493 e. The molecule has 0 bridgehead atoms. The van der Waals surface area contributed by atoms with Crippen LogP contribution in [0.1, 0.15) is 42.1 Å². The van der Waals surface area contributed by atoms with Crippen LogP contribution >= 0.6 is 22.6 Å². The zero-order valence-electron chi connectivity index (χ0n) is 24.7. The molecule has 1 atom stereocenters. The van der Waals surface area contributed by atoms with Gasteiger partial charge in [-0.3, -0.25) is 4.79 Å². The Balaban J connectivity index is 1.33. The highest BCUT2D eigenvalue weighted by Gasteiger charge is 2.32. The van der Waals surface area contributed by atoms with E-state index in [0.29, 0.717) is 29.4 Å². The number of halogens is 1. The van der Waals surface area contributed by atoms with E-state index in [2.05, 4.69) is 49.8 Å². The van der Waals surface area contributed by atoms with E-state index < -0.39 is 23.9 Å². The molecule has 1 aliphatic rings. The number of aryl methyl sites for hydroxylation is 1. The minimum atomic E-state index is -0.764. The molecule has 3 N–H and O–H groups in total. The van der Waals surface area contributed by atoms with E-state index in [0.717, 1.165) is 20.4 Å². The summed E-state index contributed by atoms with van der Waals surface area (Å²) in [6, 6.07) is 17.5. The predicted octanol–water partition coefficient (Wildman–Crippen LogP) is 4.91. The Morgan fingerprint density at radius 1 is 1.02 bits per heavy atom. The molecule has 11 nitrogen and oxygen atoms in total. The number of hydrogen-bond acceptors (Lipinski definition) is 8. The molecule has 0 unspecified atom stereocenters. The maximum absolute atomic E-state index is 12.6. The van der Waals surface area contributed by atoms with Gasteiger partial charge < -0.3 is 29.6 Å². The molecule has 0 aliphatic carbocycles. The summed E-state index contributed by atoms with van der Waals surface area (Å²) < 4.78 is 23.2. The van der Waals surface area contributed by atoms with Crippen molar-refractivity contribution < 1.29 is 33.3 Å². The van der Waals surface area contributed by atoms with Gasteiger partial charge in [0.15, 0.2) is 18.1 Å². The predicted molar refractivity (Wildman–Crippen MR) is 173 cm³/mol. The molecule has 3 aromatic rings. The Hall–Kier alpha value is -4.59. The Morgan fingerprint density at radius 3 is 2.55 bits per heavy atom. The molecular weight excluding hydrogens is 679 g/mol. The molecule has 12 heteroatoms. The van der Waals surface area contributed by atoms with E-state index >= 15 is 0 Å². The van der Waals surface area contributed by atoms with Crippen molar-refractivity contribution in [3.05, 3.63) is 97.8 Å². The van der Waals surface area contributed by atoms with E-state index in [9.17, 15) is 14.4 Å². The lowest BCUT2D eigenvalue weighted by Crippen LogP contribution is -2.45. The third-order valence-electron chi connectivity index (χ3n) is 6.48. The molecule has 0 fully saturated rings. The number of methoxy groups -OCH3 is 1. The standard InChI is InChI=1S/C32H33IN4O7/c1-5-42-31(39)29-20(3)35-32(40)36-30(29)23-10-12-26(27(15-23)41-4)44-18-28(38)37-34-16-21-9-11-25(24(33)14-21)43-17-22-8-6-7-19(2)13-22/h6-16,30H,5,17-18H2,1-4H3,(H,37,38)(H2,35,36,40)/b34-16-/t30-/m0/s1. The van der Waals surface area contributed by atoms with Crippen molar-refractivity contribution >= 4 is 46.7 Å². The molecule has 3 amide bonds. The van der Waals surface area contributed by atoms with E-state index in [1.165, 1.54) is 18.9 Å². The van der Waals surface area contributed by atoms with Gasteiger partial charge in [-0.15, -0.1) is 0 Å². The van der Waals surface area contributed by atoms with Crippen molar-refractivity contribution in [2.24, 2.45) is 5.10 Å². The fourth-order valence-electron chi connectivity index (χ4n) is 4.44. The average Bonchev–Trinajstić information content (AvgIpc) is 2.99. The minimum absolute atomic E-state index is 0.188.